The van der Waals surface area contributed by atoms with Crippen LogP contribution in [-0.2, 0) is 16.4 Å². The highest BCUT2D eigenvalue weighted by Gasteiger charge is 2.12. The number of hydrogen-bond donors (Lipinski definition) is 3. The molecule has 7 nitrogen and oxygen atoms in total. The zero-order chi connectivity index (χ0) is 18.1. The van der Waals surface area contributed by atoms with Crippen molar-refractivity contribution in [3.8, 4) is 0 Å². The fourth-order valence-electron chi connectivity index (χ4n) is 2.08. The molecule has 0 radical (unpaired) electrons. The second-order valence-corrected chi connectivity index (χ2v) is 7.24. The van der Waals surface area contributed by atoms with E-state index in [-0.39, 0.29) is 47.9 Å². The minimum absolute atomic E-state index is 0. The van der Waals surface area contributed by atoms with E-state index in [1.54, 1.807) is 30.5 Å². The van der Waals surface area contributed by atoms with Gasteiger partial charge in [0.25, 0.3) is 0 Å². The third kappa shape index (κ3) is 7.67. The maximum absolute atomic E-state index is 12.1. The second-order valence-electron chi connectivity index (χ2n) is 5.48. The molecule has 2 rings (SSSR count). The van der Waals surface area contributed by atoms with E-state index in [1.165, 1.54) is 0 Å². The van der Waals surface area contributed by atoms with Gasteiger partial charge >= 0.3 is 0 Å². The Hall–Kier alpha value is -1.72. The first-order valence-electron chi connectivity index (χ1n) is 7.97. The maximum atomic E-state index is 12.1. The van der Waals surface area contributed by atoms with Crippen molar-refractivity contribution in [1.29, 1.82) is 0 Å². The van der Waals surface area contributed by atoms with Gasteiger partial charge < -0.3 is 11.1 Å². The van der Waals surface area contributed by atoms with Crippen molar-refractivity contribution in [2.75, 3.05) is 19.6 Å². The number of aliphatic imine (C=N–C) groups is 1. The van der Waals surface area contributed by atoms with Crippen molar-refractivity contribution in [1.82, 2.24) is 15.0 Å². The van der Waals surface area contributed by atoms with E-state index in [9.17, 15) is 8.42 Å². The molecular formula is C17H24IN5O2S. The highest BCUT2D eigenvalue weighted by atomic mass is 127. The lowest BCUT2D eigenvalue weighted by molar-refractivity contribution is 0.582. The molecule has 1 heterocycles. The lowest BCUT2D eigenvalue weighted by atomic mass is 10.2. The summed E-state index contributed by atoms with van der Waals surface area (Å²) in [7, 11) is -3.52. The molecule has 0 unspecified atom stereocenters. The third-order valence-electron chi connectivity index (χ3n) is 3.43. The number of guanidine groups is 1. The number of hydrogen-bond acceptors (Lipinski definition) is 4. The number of rotatable bonds is 8. The molecule has 2 aromatic rings. The topological polar surface area (TPSA) is 109 Å². The summed E-state index contributed by atoms with van der Waals surface area (Å²) in [4.78, 5) is 8.56. The highest BCUT2D eigenvalue weighted by molar-refractivity contribution is 14.0. The van der Waals surface area contributed by atoms with Crippen LogP contribution >= 0.6 is 24.0 Å². The number of nitrogens with zero attached hydrogens (tertiary/aromatic N) is 2. The molecule has 0 fully saturated rings. The Bertz CT molecular complexity index is 796. The summed E-state index contributed by atoms with van der Waals surface area (Å²) in [6.07, 6.45) is 2.48. The Labute approximate surface area is 171 Å². The van der Waals surface area contributed by atoms with Crippen LogP contribution in [0.25, 0.3) is 0 Å². The van der Waals surface area contributed by atoms with Gasteiger partial charge in [0.05, 0.1) is 11.4 Å². The number of nitrogens with two attached hydrogens (primary N) is 1. The molecule has 26 heavy (non-hydrogen) atoms. The average molecular weight is 489 g/mol. The molecule has 1 aromatic heterocycles. The minimum atomic E-state index is -3.52. The van der Waals surface area contributed by atoms with Gasteiger partial charge in [-0.05, 0) is 31.2 Å². The Balaban J connectivity index is 0.00000338. The van der Waals surface area contributed by atoms with Crippen LogP contribution in [0.3, 0.4) is 0 Å². The van der Waals surface area contributed by atoms with Gasteiger partial charge in [-0.3, -0.25) is 9.98 Å². The first-order valence-corrected chi connectivity index (χ1v) is 9.46. The van der Waals surface area contributed by atoms with Crippen molar-refractivity contribution in [2.24, 2.45) is 10.7 Å². The molecule has 0 saturated carbocycles. The molecule has 0 spiro atoms. The molecule has 4 N–H and O–H groups in total. The minimum Gasteiger partial charge on any atom is -0.370 e. The summed E-state index contributed by atoms with van der Waals surface area (Å²) in [5.74, 6) is 0.283. The summed E-state index contributed by atoms with van der Waals surface area (Å²) in [5, 5.41) is 2.98. The van der Waals surface area contributed by atoms with Gasteiger partial charge in [-0.15, -0.1) is 24.0 Å². The fourth-order valence-corrected chi connectivity index (χ4v) is 3.10. The number of benzene rings is 1. The third-order valence-corrected chi connectivity index (χ3v) is 4.91. The number of nitrogens with one attached hydrogen (secondary N) is 2. The molecule has 0 bridgehead atoms. The molecule has 0 aliphatic heterocycles. The molecule has 0 aliphatic carbocycles. The van der Waals surface area contributed by atoms with E-state index in [2.05, 4.69) is 20.0 Å². The highest BCUT2D eigenvalue weighted by Crippen LogP contribution is 2.09. The largest absolute Gasteiger partial charge is 0.370 e. The van der Waals surface area contributed by atoms with Crippen molar-refractivity contribution >= 4 is 40.0 Å². The average Bonchev–Trinajstić information content (AvgIpc) is 2.60. The van der Waals surface area contributed by atoms with Crippen LogP contribution in [0.1, 0.15) is 11.3 Å². The number of sulfonamides is 1. The molecule has 1 aromatic carbocycles. The monoisotopic (exact) mass is 489 g/mol. The van der Waals surface area contributed by atoms with E-state index >= 15 is 0 Å². The van der Waals surface area contributed by atoms with Crippen LogP contribution in [0.15, 0.2) is 58.5 Å². The van der Waals surface area contributed by atoms with Crippen LogP contribution < -0.4 is 15.8 Å². The van der Waals surface area contributed by atoms with Gasteiger partial charge in [0.2, 0.25) is 10.0 Å². The Kier molecular flexibility index (Phi) is 9.52. The summed E-state index contributed by atoms with van der Waals surface area (Å²) in [6.45, 7) is 2.95. The van der Waals surface area contributed by atoms with E-state index in [4.69, 9.17) is 5.73 Å². The number of aromatic nitrogens is 1. The Morgan fingerprint density at radius 2 is 1.88 bits per heavy atom. The second kappa shape index (κ2) is 11.1. The van der Waals surface area contributed by atoms with Gasteiger partial charge in [-0.25, -0.2) is 13.1 Å². The summed E-state index contributed by atoms with van der Waals surface area (Å²) < 4.78 is 26.7. The quantitative estimate of drug-likeness (QED) is 0.225. The first kappa shape index (κ1) is 22.3. The van der Waals surface area contributed by atoms with Gasteiger partial charge in [0.15, 0.2) is 5.96 Å². The van der Waals surface area contributed by atoms with Gasteiger partial charge in [0, 0.05) is 31.4 Å². The molecule has 9 heteroatoms. The molecule has 0 aliphatic rings. The van der Waals surface area contributed by atoms with Crippen LogP contribution in [0.2, 0.25) is 0 Å². The van der Waals surface area contributed by atoms with E-state index in [0.29, 0.717) is 6.54 Å². The summed E-state index contributed by atoms with van der Waals surface area (Å²) in [5.41, 5.74) is 7.73. The van der Waals surface area contributed by atoms with Crippen molar-refractivity contribution in [2.45, 2.75) is 18.2 Å². The van der Waals surface area contributed by atoms with Gasteiger partial charge in [-0.2, -0.15) is 0 Å². The standard InChI is InChI=1S/C17H23N5O2S.HI/c1-14-5-7-16(8-6-14)25(23,24)22-13-12-21-17(18)20-11-9-15-4-2-3-10-19-15;/h2-8,10,22H,9,11-13H2,1H3,(H3,18,20,21);1H. The van der Waals surface area contributed by atoms with Crippen LogP contribution in [0.5, 0.6) is 0 Å². The van der Waals surface area contributed by atoms with Crippen LogP contribution in [0.4, 0.5) is 0 Å². The van der Waals surface area contributed by atoms with E-state index in [0.717, 1.165) is 17.7 Å². The van der Waals surface area contributed by atoms with E-state index < -0.39 is 10.0 Å². The first-order chi connectivity index (χ1) is 12.0. The number of aryl methyl sites for hydroxylation is 1. The zero-order valence-corrected chi connectivity index (χ0v) is 17.7. The normalized spacial score (nSPS) is 11.7. The van der Waals surface area contributed by atoms with Crippen molar-refractivity contribution in [3.63, 3.8) is 0 Å². The van der Waals surface area contributed by atoms with E-state index in [1.807, 2.05) is 25.1 Å². The smallest absolute Gasteiger partial charge is 0.240 e. The Morgan fingerprint density at radius 3 is 2.54 bits per heavy atom. The Morgan fingerprint density at radius 1 is 1.15 bits per heavy atom. The predicted octanol–water partition coefficient (Wildman–Crippen LogP) is 1.43. The van der Waals surface area contributed by atoms with Crippen LogP contribution in [0, 0.1) is 6.92 Å². The van der Waals surface area contributed by atoms with Gasteiger partial charge in [-0.1, -0.05) is 23.8 Å². The van der Waals surface area contributed by atoms with Crippen molar-refractivity contribution in [3.05, 3.63) is 59.9 Å². The lowest BCUT2D eigenvalue weighted by Gasteiger charge is -2.07. The number of halogens is 1. The molecular weight excluding hydrogens is 465 g/mol. The van der Waals surface area contributed by atoms with Crippen molar-refractivity contribution < 1.29 is 8.42 Å². The molecule has 0 saturated heterocycles. The predicted molar refractivity (Wildman–Crippen MR) is 114 cm³/mol. The SMILES string of the molecule is Cc1ccc(S(=O)(=O)NCCN=C(N)NCCc2ccccn2)cc1.I. The molecule has 142 valence electrons. The number of pyridine rings is 1. The fraction of sp³-hybridized carbons (Fsp3) is 0.294. The summed E-state index contributed by atoms with van der Waals surface area (Å²) >= 11 is 0. The van der Waals surface area contributed by atoms with Crippen LogP contribution in [-0.4, -0.2) is 39.0 Å². The summed E-state index contributed by atoms with van der Waals surface area (Å²) in [6, 6.07) is 12.4. The van der Waals surface area contributed by atoms with Gasteiger partial charge in [0.1, 0.15) is 0 Å². The maximum Gasteiger partial charge on any atom is 0.240 e. The zero-order valence-electron chi connectivity index (χ0n) is 14.6. The lowest BCUT2D eigenvalue weighted by Crippen LogP contribution is -2.34. The molecule has 0 amide bonds. The molecule has 0 atom stereocenters.